The van der Waals surface area contributed by atoms with Crippen LogP contribution in [0, 0.1) is 5.92 Å². The molecule has 0 radical (unpaired) electrons. The summed E-state index contributed by atoms with van der Waals surface area (Å²) >= 11 is 0. The highest BCUT2D eigenvalue weighted by atomic mass is 35.5. The van der Waals surface area contributed by atoms with Gasteiger partial charge in [-0.05, 0) is 30.9 Å². The van der Waals surface area contributed by atoms with Gasteiger partial charge in [0.2, 0.25) is 0 Å². The first-order chi connectivity index (χ1) is 17.3. The molecule has 10 nitrogen and oxygen atoms in total. The zero-order chi connectivity index (χ0) is 26.5. The Balaban J connectivity index is 0. The molecule has 2 N–H and O–H groups in total. The van der Waals surface area contributed by atoms with Gasteiger partial charge in [-0.15, -0.1) is 0 Å². The van der Waals surface area contributed by atoms with Crippen molar-refractivity contribution in [2.45, 2.75) is 66.2 Å². The number of nitrogens with zero attached hydrogens (tertiary/aromatic N) is 2. The molecule has 0 spiro atoms. The van der Waals surface area contributed by atoms with E-state index in [4.69, 9.17) is 24.5 Å². The number of likely N-dealkylation sites (tertiary alicyclic amines) is 1. The number of aliphatic hydroxyl groups excluding tert-OH is 1. The van der Waals surface area contributed by atoms with Gasteiger partial charge in [-0.3, -0.25) is 9.59 Å². The highest BCUT2D eigenvalue weighted by Crippen LogP contribution is 2.30. The topological polar surface area (TPSA) is 142 Å². The van der Waals surface area contributed by atoms with Gasteiger partial charge >= 0.3 is 18.2 Å². The number of hydrogen-bond donors (Lipinski definition) is 2. The van der Waals surface area contributed by atoms with Crippen molar-refractivity contribution in [3.8, 4) is 0 Å². The van der Waals surface area contributed by atoms with Crippen molar-refractivity contribution < 1.29 is 55.9 Å². The van der Waals surface area contributed by atoms with Gasteiger partial charge in [0, 0.05) is 31.0 Å². The third-order valence-corrected chi connectivity index (χ3v) is 6.20. The SMILES string of the molecule is C.C.C[C@H](c1ccccc1)C1CCCCN1C(=O)OC[n+]1cccc(C(=O)C[C@@H](CO)C(=O)O)c1.O=C=O.[Cl-]. The lowest BCUT2D eigenvalue weighted by molar-refractivity contribution is -0.727. The van der Waals surface area contributed by atoms with E-state index in [2.05, 4.69) is 19.1 Å². The first-order valence-electron chi connectivity index (χ1n) is 11.7. The summed E-state index contributed by atoms with van der Waals surface area (Å²) in [5, 5.41) is 18.2. The summed E-state index contributed by atoms with van der Waals surface area (Å²) in [6, 6.07) is 13.4. The van der Waals surface area contributed by atoms with E-state index >= 15 is 0 Å². The third-order valence-electron chi connectivity index (χ3n) is 6.20. The van der Waals surface area contributed by atoms with Crippen molar-refractivity contribution >= 4 is 24.0 Å². The van der Waals surface area contributed by atoms with Crippen molar-refractivity contribution in [1.29, 1.82) is 0 Å². The van der Waals surface area contributed by atoms with Crippen LogP contribution >= 0.6 is 0 Å². The second kappa shape index (κ2) is 19.5. The molecule has 1 unspecified atom stereocenters. The highest BCUT2D eigenvalue weighted by Gasteiger charge is 2.33. The fourth-order valence-electron chi connectivity index (χ4n) is 4.23. The van der Waals surface area contributed by atoms with Crippen LogP contribution < -0.4 is 17.0 Å². The molecule has 2 heterocycles. The van der Waals surface area contributed by atoms with Crippen LogP contribution in [0.2, 0.25) is 0 Å². The van der Waals surface area contributed by atoms with E-state index in [1.54, 1.807) is 27.8 Å². The minimum atomic E-state index is -1.22. The van der Waals surface area contributed by atoms with Crippen molar-refractivity contribution in [2.24, 2.45) is 5.92 Å². The zero-order valence-corrected chi connectivity index (χ0v) is 21.3. The van der Waals surface area contributed by atoms with Crippen LogP contribution in [0.25, 0.3) is 0 Å². The average molecular weight is 567 g/mol. The molecule has 11 heteroatoms. The number of hydrogen-bond acceptors (Lipinski definition) is 7. The summed E-state index contributed by atoms with van der Waals surface area (Å²) in [7, 11) is 0. The number of ketones is 1. The first kappa shape index (κ1) is 37.6. The van der Waals surface area contributed by atoms with Gasteiger partial charge in [0.15, 0.2) is 18.2 Å². The largest absolute Gasteiger partial charge is 1.00 e. The number of benzene rings is 1. The minimum Gasteiger partial charge on any atom is -1.00 e. The zero-order valence-electron chi connectivity index (χ0n) is 20.5. The molecule has 1 aromatic heterocycles. The Morgan fingerprint density at radius 1 is 1.10 bits per heavy atom. The number of carbonyl (C=O) groups excluding carboxylic acids is 4. The van der Waals surface area contributed by atoms with Crippen molar-refractivity contribution in [3.05, 3.63) is 66.0 Å². The quantitative estimate of drug-likeness (QED) is 0.333. The molecular weight excluding hydrogens is 528 g/mol. The predicted octanol–water partition coefficient (Wildman–Crippen LogP) is 0.685. The van der Waals surface area contributed by atoms with Gasteiger partial charge in [0.25, 0.3) is 6.73 Å². The number of amides is 1. The number of rotatable bonds is 9. The fourth-order valence-corrected chi connectivity index (χ4v) is 4.23. The lowest BCUT2D eigenvalue weighted by Gasteiger charge is -2.38. The molecule has 39 heavy (non-hydrogen) atoms. The second-order valence-corrected chi connectivity index (χ2v) is 8.53. The number of aliphatic hydroxyl groups is 1. The number of carboxylic acid groups (broad SMARTS) is 1. The molecule has 0 aliphatic carbocycles. The number of carboxylic acids is 1. The summed E-state index contributed by atoms with van der Waals surface area (Å²) < 4.78 is 7.13. The number of aliphatic carboxylic acids is 1. The first-order valence-corrected chi connectivity index (χ1v) is 11.7. The molecular formula is C28H39ClN2O8. The van der Waals surface area contributed by atoms with Gasteiger partial charge in [-0.2, -0.15) is 14.2 Å². The molecule has 0 saturated carbocycles. The van der Waals surface area contributed by atoms with Gasteiger partial charge in [-0.1, -0.05) is 52.1 Å². The second-order valence-electron chi connectivity index (χ2n) is 8.53. The molecule has 1 aliphatic rings. The van der Waals surface area contributed by atoms with Crippen molar-refractivity contribution in [1.82, 2.24) is 4.90 Å². The number of ether oxygens (including phenoxy) is 1. The fraction of sp³-hybridized carbons (Fsp3) is 0.464. The summed E-state index contributed by atoms with van der Waals surface area (Å²) in [6.45, 7) is 2.10. The Morgan fingerprint density at radius 2 is 1.74 bits per heavy atom. The van der Waals surface area contributed by atoms with Crippen LogP contribution in [-0.2, 0) is 25.9 Å². The number of carbonyl (C=O) groups is 3. The van der Waals surface area contributed by atoms with Crippen molar-refractivity contribution in [3.63, 3.8) is 0 Å². The molecule has 0 bridgehead atoms. The maximum Gasteiger partial charge on any atom is 0.414 e. The monoisotopic (exact) mass is 566 g/mol. The van der Waals surface area contributed by atoms with Crippen molar-refractivity contribution in [2.75, 3.05) is 13.2 Å². The summed E-state index contributed by atoms with van der Waals surface area (Å²) in [5.41, 5.74) is 1.48. The number of halogens is 1. The van der Waals surface area contributed by atoms with E-state index in [1.165, 1.54) is 11.8 Å². The molecule has 1 aliphatic heterocycles. The number of Topliss-reactive ketones (excluding diaryl/α,β-unsaturated/α-hetero) is 1. The molecule has 2 aromatic rings. The molecule has 216 valence electrons. The molecule has 1 saturated heterocycles. The van der Waals surface area contributed by atoms with E-state index in [0.717, 1.165) is 19.3 Å². The molecule has 3 rings (SSSR count). The smallest absolute Gasteiger partial charge is 0.414 e. The summed E-state index contributed by atoms with van der Waals surface area (Å²) in [4.78, 5) is 54.5. The molecule has 3 atom stereocenters. The number of pyridine rings is 1. The Hall–Kier alpha value is -3.59. The van der Waals surface area contributed by atoms with Crippen LogP contribution in [0.1, 0.15) is 69.3 Å². The number of aromatic nitrogens is 1. The normalized spacial score (nSPS) is 15.2. The maximum atomic E-state index is 12.9. The molecule has 1 amide bonds. The molecule has 1 fully saturated rings. The summed E-state index contributed by atoms with van der Waals surface area (Å²) in [6.07, 6.45) is 5.66. The Bertz CT molecular complexity index is 1060. The molecule has 1 aromatic carbocycles. The standard InChI is InChI=1S/C25H30N2O6.CO2.2CH4.ClH/c1-18(19-8-3-2-4-9-19)22-11-5-6-13-27(22)25(32)33-17-26-12-7-10-20(15-26)23(29)14-21(16-28)24(30)31;2-1-3;;;/h2-4,7-10,12,15,18,21-22,28H,5-6,11,13-14,16-17H2,1H3;;2*1H4;1H/t18-,21+,22?;;;;/m1..../s1. The van der Waals surface area contributed by atoms with Gasteiger partial charge in [-0.25, -0.2) is 4.79 Å². The highest BCUT2D eigenvalue weighted by molar-refractivity contribution is 5.97. The van der Waals surface area contributed by atoms with E-state index in [0.29, 0.717) is 12.1 Å². The van der Waals surface area contributed by atoms with E-state index < -0.39 is 30.4 Å². The summed E-state index contributed by atoms with van der Waals surface area (Å²) in [5.74, 6) is -2.58. The Morgan fingerprint density at radius 3 is 2.33 bits per heavy atom. The van der Waals surface area contributed by atoms with Crippen LogP contribution in [0.4, 0.5) is 4.79 Å². The lowest BCUT2D eigenvalue weighted by atomic mass is 9.87. The van der Waals surface area contributed by atoms with Gasteiger partial charge in [0.1, 0.15) is 0 Å². The van der Waals surface area contributed by atoms with Crippen LogP contribution in [0.15, 0.2) is 54.9 Å². The van der Waals surface area contributed by atoms with Gasteiger partial charge in [0.05, 0.1) is 18.1 Å². The Labute approximate surface area is 236 Å². The number of piperidine rings is 1. The van der Waals surface area contributed by atoms with Crippen LogP contribution in [-0.4, -0.2) is 58.3 Å². The predicted molar refractivity (Wildman–Crippen MR) is 138 cm³/mol. The van der Waals surface area contributed by atoms with Gasteiger partial charge < -0.3 is 32.3 Å². The van der Waals surface area contributed by atoms with E-state index in [-0.39, 0.29) is 58.5 Å². The van der Waals surface area contributed by atoms with E-state index in [1.807, 2.05) is 18.2 Å². The maximum absolute atomic E-state index is 12.9. The van der Waals surface area contributed by atoms with Crippen LogP contribution in [0.5, 0.6) is 0 Å². The lowest BCUT2D eigenvalue weighted by Crippen LogP contribution is -3.00. The Kier molecular flexibility index (Phi) is 18.8. The third kappa shape index (κ3) is 11.4. The van der Waals surface area contributed by atoms with Crippen LogP contribution in [0.3, 0.4) is 0 Å². The minimum absolute atomic E-state index is 0. The average Bonchev–Trinajstić information content (AvgIpc) is 2.90. The van der Waals surface area contributed by atoms with E-state index in [9.17, 15) is 14.4 Å².